The molecule has 1 aromatic rings. The fraction of sp³-hybridized carbons (Fsp3) is 0.364. The van der Waals surface area contributed by atoms with Crippen LogP contribution in [0.25, 0.3) is 0 Å². The van der Waals surface area contributed by atoms with Gasteiger partial charge >= 0.3 is 0 Å². The van der Waals surface area contributed by atoms with Gasteiger partial charge in [0.2, 0.25) is 0 Å². The van der Waals surface area contributed by atoms with Crippen molar-refractivity contribution in [2.75, 3.05) is 5.73 Å². The molecule has 1 aromatic carbocycles. The molecule has 0 heterocycles. The van der Waals surface area contributed by atoms with Crippen LogP contribution in [-0.2, 0) is 6.42 Å². The number of hydrogen-bond acceptors (Lipinski definition) is 2. The molecule has 0 aliphatic heterocycles. The number of nitrogen functional groups attached to an aromatic ring is 1. The smallest absolute Gasteiger partial charge is 0.169 e. The van der Waals surface area contributed by atoms with Gasteiger partial charge in [0.1, 0.15) is 0 Å². The van der Waals surface area contributed by atoms with Crippen LogP contribution < -0.4 is 5.73 Å². The van der Waals surface area contributed by atoms with Gasteiger partial charge in [-0.3, -0.25) is 4.79 Å². The summed E-state index contributed by atoms with van der Waals surface area (Å²) in [4.78, 5) is 11.8. The third kappa shape index (κ3) is 1.13. The highest BCUT2D eigenvalue weighted by atomic mass is 16.1. The molecule has 0 radical (unpaired) electrons. The van der Waals surface area contributed by atoms with Crippen molar-refractivity contribution in [1.29, 1.82) is 0 Å². The zero-order valence-corrected chi connectivity index (χ0v) is 7.92. The van der Waals surface area contributed by atoms with Crippen LogP contribution in [0, 0.1) is 5.41 Å². The molecule has 68 valence electrons. The van der Waals surface area contributed by atoms with Crippen molar-refractivity contribution in [2.24, 2.45) is 5.41 Å². The van der Waals surface area contributed by atoms with Gasteiger partial charge in [0.05, 0.1) is 0 Å². The summed E-state index contributed by atoms with van der Waals surface area (Å²) in [7, 11) is 0. The predicted octanol–water partition coefficient (Wildman–Crippen LogP) is 2.03. The number of carbonyl (C=O) groups excluding carboxylic acids is 1. The fourth-order valence-corrected chi connectivity index (χ4v) is 1.90. The zero-order chi connectivity index (χ0) is 9.64. The molecule has 2 N–H and O–H groups in total. The number of anilines is 1. The summed E-state index contributed by atoms with van der Waals surface area (Å²) in [5.74, 6) is 0.238. The molecular formula is C11H13NO. The number of Topliss-reactive ketones (excluding diaryl/α,β-unsaturated/α-hetero) is 1. The summed E-state index contributed by atoms with van der Waals surface area (Å²) < 4.78 is 0. The van der Waals surface area contributed by atoms with Crippen molar-refractivity contribution in [2.45, 2.75) is 20.3 Å². The number of hydrogen-bond donors (Lipinski definition) is 1. The first-order chi connectivity index (χ1) is 6.00. The number of nitrogens with two attached hydrogens (primary N) is 1. The van der Waals surface area contributed by atoms with Gasteiger partial charge in [-0.1, -0.05) is 13.8 Å². The molecule has 0 bridgehead atoms. The summed E-state index contributed by atoms with van der Waals surface area (Å²) in [6, 6.07) is 5.53. The molecule has 2 heteroatoms. The van der Waals surface area contributed by atoms with E-state index in [2.05, 4.69) is 0 Å². The van der Waals surface area contributed by atoms with Crippen LogP contribution in [0.1, 0.15) is 29.8 Å². The standard InChI is InChI=1S/C11H13NO/c1-11(2)6-7-5-8(12)3-4-9(7)10(11)13/h3-5H,6,12H2,1-2H3. The lowest BCUT2D eigenvalue weighted by Crippen LogP contribution is -2.18. The Morgan fingerprint density at radius 1 is 1.38 bits per heavy atom. The molecule has 13 heavy (non-hydrogen) atoms. The molecule has 0 aromatic heterocycles. The first kappa shape index (κ1) is 8.30. The van der Waals surface area contributed by atoms with E-state index in [1.54, 1.807) is 6.07 Å². The minimum absolute atomic E-state index is 0.238. The van der Waals surface area contributed by atoms with E-state index in [9.17, 15) is 4.79 Å². The first-order valence-electron chi connectivity index (χ1n) is 4.44. The maximum Gasteiger partial charge on any atom is 0.169 e. The SMILES string of the molecule is CC1(C)Cc2cc(N)ccc2C1=O. The zero-order valence-electron chi connectivity index (χ0n) is 7.92. The summed E-state index contributed by atoms with van der Waals surface area (Å²) >= 11 is 0. The lowest BCUT2D eigenvalue weighted by Gasteiger charge is -2.12. The minimum atomic E-state index is -0.240. The van der Waals surface area contributed by atoms with E-state index in [-0.39, 0.29) is 11.2 Å². The van der Waals surface area contributed by atoms with Gasteiger partial charge in [-0.25, -0.2) is 0 Å². The summed E-state index contributed by atoms with van der Waals surface area (Å²) in [5.41, 5.74) is 8.09. The second-order valence-electron chi connectivity index (χ2n) is 4.31. The molecular weight excluding hydrogens is 162 g/mol. The molecule has 2 rings (SSSR count). The Morgan fingerprint density at radius 3 is 2.77 bits per heavy atom. The molecule has 0 fully saturated rings. The number of ketones is 1. The van der Waals surface area contributed by atoms with Gasteiger partial charge in [0, 0.05) is 16.7 Å². The van der Waals surface area contributed by atoms with Crippen LogP contribution in [0.15, 0.2) is 18.2 Å². The van der Waals surface area contributed by atoms with E-state index in [0.717, 1.165) is 23.2 Å². The Bertz CT molecular complexity index is 380. The predicted molar refractivity (Wildman–Crippen MR) is 52.7 cm³/mol. The van der Waals surface area contributed by atoms with Gasteiger partial charge in [0.25, 0.3) is 0 Å². The van der Waals surface area contributed by atoms with E-state index >= 15 is 0 Å². The average molecular weight is 175 g/mol. The van der Waals surface area contributed by atoms with E-state index < -0.39 is 0 Å². The Hall–Kier alpha value is -1.31. The van der Waals surface area contributed by atoms with Crippen molar-refractivity contribution in [3.8, 4) is 0 Å². The van der Waals surface area contributed by atoms with Crippen molar-refractivity contribution < 1.29 is 4.79 Å². The van der Waals surface area contributed by atoms with Crippen LogP contribution in [0.3, 0.4) is 0 Å². The molecule has 1 aliphatic rings. The molecule has 0 spiro atoms. The number of rotatable bonds is 0. The van der Waals surface area contributed by atoms with Crippen molar-refractivity contribution >= 4 is 11.5 Å². The quantitative estimate of drug-likeness (QED) is 0.613. The Kier molecular flexibility index (Phi) is 1.50. The van der Waals surface area contributed by atoms with E-state index in [0.29, 0.717) is 0 Å². The monoisotopic (exact) mass is 175 g/mol. The highest BCUT2D eigenvalue weighted by molar-refractivity contribution is 6.04. The molecule has 0 atom stereocenters. The van der Waals surface area contributed by atoms with Gasteiger partial charge in [-0.15, -0.1) is 0 Å². The second kappa shape index (κ2) is 2.34. The van der Waals surface area contributed by atoms with E-state index in [1.807, 2.05) is 26.0 Å². The van der Waals surface area contributed by atoms with Crippen LogP contribution in [0.2, 0.25) is 0 Å². The second-order valence-corrected chi connectivity index (χ2v) is 4.31. The number of benzene rings is 1. The van der Waals surface area contributed by atoms with Gasteiger partial charge in [0.15, 0.2) is 5.78 Å². The molecule has 1 aliphatic carbocycles. The van der Waals surface area contributed by atoms with E-state index in [1.165, 1.54) is 0 Å². The largest absolute Gasteiger partial charge is 0.399 e. The van der Waals surface area contributed by atoms with Crippen LogP contribution >= 0.6 is 0 Å². The topological polar surface area (TPSA) is 43.1 Å². The van der Waals surface area contributed by atoms with Crippen LogP contribution in [-0.4, -0.2) is 5.78 Å². The van der Waals surface area contributed by atoms with Crippen molar-refractivity contribution in [3.63, 3.8) is 0 Å². The maximum absolute atomic E-state index is 11.8. The average Bonchev–Trinajstić information content (AvgIpc) is 2.22. The van der Waals surface area contributed by atoms with Crippen molar-refractivity contribution in [3.05, 3.63) is 29.3 Å². The van der Waals surface area contributed by atoms with Crippen LogP contribution in [0.4, 0.5) is 5.69 Å². The lowest BCUT2D eigenvalue weighted by atomic mass is 9.89. The molecule has 0 amide bonds. The molecule has 0 saturated heterocycles. The van der Waals surface area contributed by atoms with Gasteiger partial charge < -0.3 is 5.73 Å². The molecule has 0 saturated carbocycles. The van der Waals surface area contributed by atoms with Crippen molar-refractivity contribution in [1.82, 2.24) is 0 Å². The first-order valence-corrected chi connectivity index (χ1v) is 4.44. The summed E-state index contributed by atoms with van der Waals surface area (Å²) in [6.45, 7) is 3.96. The van der Waals surface area contributed by atoms with E-state index in [4.69, 9.17) is 5.73 Å². The Balaban J connectivity index is 2.57. The highest BCUT2D eigenvalue weighted by Gasteiger charge is 2.37. The Labute approximate surface area is 77.8 Å². The lowest BCUT2D eigenvalue weighted by molar-refractivity contribution is 0.0863. The number of fused-ring (bicyclic) bond motifs is 1. The molecule has 0 unspecified atom stereocenters. The minimum Gasteiger partial charge on any atom is -0.399 e. The molecule has 2 nitrogen and oxygen atoms in total. The third-order valence-corrected chi connectivity index (χ3v) is 2.62. The van der Waals surface area contributed by atoms with Crippen LogP contribution in [0.5, 0.6) is 0 Å². The fourth-order valence-electron chi connectivity index (χ4n) is 1.90. The summed E-state index contributed by atoms with van der Waals surface area (Å²) in [6.07, 6.45) is 0.812. The highest BCUT2D eigenvalue weighted by Crippen LogP contribution is 2.36. The van der Waals surface area contributed by atoms with Gasteiger partial charge in [-0.2, -0.15) is 0 Å². The normalized spacial score (nSPS) is 18.8. The van der Waals surface area contributed by atoms with Gasteiger partial charge in [-0.05, 0) is 30.2 Å². The Morgan fingerprint density at radius 2 is 2.08 bits per heavy atom. The number of carbonyl (C=O) groups is 1. The maximum atomic E-state index is 11.8. The third-order valence-electron chi connectivity index (χ3n) is 2.62. The summed E-state index contributed by atoms with van der Waals surface area (Å²) in [5, 5.41) is 0.